The van der Waals surface area contributed by atoms with E-state index in [1.54, 1.807) is 18.2 Å². The van der Waals surface area contributed by atoms with Gasteiger partial charge in [-0.25, -0.2) is 9.97 Å². The van der Waals surface area contributed by atoms with Gasteiger partial charge < -0.3 is 10.5 Å². The van der Waals surface area contributed by atoms with Gasteiger partial charge in [0.05, 0.1) is 21.8 Å². The molecule has 5 nitrogen and oxygen atoms in total. The summed E-state index contributed by atoms with van der Waals surface area (Å²) in [7, 11) is 0. The summed E-state index contributed by atoms with van der Waals surface area (Å²) in [6.45, 7) is 0. The van der Waals surface area contributed by atoms with Crippen LogP contribution in [0.1, 0.15) is 5.56 Å². The number of aromatic nitrogens is 2. The molecule has 0 aliphatic carbocycles. The fraction of sp³-hybridized carbons (Fsp3) is 0. The lowest BCUT2D eigenvalue weighted by molar-refractivity contribution is 0.463. The van der Waals surface area contributed by atoms with Crippen molar-refractivity contribution in [3.63, 3.8) is 0 Å². The summed E-state index contributed by atoms with van der Waals surface area (Å²) < 4.78 is 6.56. The van der Waals surface area contributed by atoms with Gasteiger partial charge in [-0.1, -0.05) is 11.3 Å². The topological polar surface area (TPSA) is 84.8 Å². The molecule has 3 aromatic rings. The number of rotatable bonds is 2. The van der Waals surface area contributed by atoms with Crippen molar-refractivity contribution in [2.24, 2.45) is 0 Å². The normalized spacial score (nSPS) is 10.3. The first kappa shape index (κ1) is 11.4. The van der Waals surface area contributed by atoms with Crippen LogP contribution < -0.4 is 10.5 Å². The van der Waals surface area contributed by atoms with Gasteiger partial charge in [-0.2, -0.15) is 5.26 Å². The molecule has 0 saturated heterocycles. The Morgan fingerprint density at radius 3 is 3.00 bits per heavy atom. The number of thiazole rings is 1. The summed E-state index contributed by atoms with van der Waals surface area (Å²) in [4.78, 5) is 8.23. The van der Waals surface area contributed by atoms with Crippen molar-refractivity contribution in [3.8, 4) is 17.7 Å². The molecule has 0 bridgehead atoms. The van der Waals surface area contributed by atoms with Crippen LogP contribution in [0.3, 0.4) is 0 Å². The van der Waals surface area contributed by atoms with Crippen molar-refractivity contribution in [3.05, 3.63) is 42.1 Å². The first-order valence-corrected chi connectivity index (χ1v) is 6.26. The summed E-state index contributed by atoms with van der Waals surface area (Å²) in [5.74, 6) is 1.02. The van der Waals surface area contributed by atoms with Crippen molar-refractivity contribution in [1.82, 2.24) is 9.97 Å². The molecule has 0 aliphatic heterocycles. The molecular weight excluding hydrogens is 260 g/mol. The molecule has 0 amide bonds. The molecule has 92 valence electrons. The van der Waals surface area contributed by atoms with Crippen LogP contribution in [-0.2, 0) is 0 Å². The van der Waals surface area contributed by atoms with E-state index in [9.17, 15) is 0 Å². The van der Waals surface area contributed by atoms with Crippen molar-refractivity contribution < 1.29 is 4.74 Å². The third kappa shape index (κ3) is 2.32. The molecule has 1 aromatic carbocycles. The number of pyridine rings is 1. The highest BCUT2D eigenvalue weighted by molar-refractivity contribution is 7.22. The van der Waals surface area contributed by atoms with E-state index in [1.807, 2.05) is 18.2 Å². The van der Waals surface area contributed by atoms with Crippen LogP contribution in [0.2, 0.25) is 0 Å². The smallest absolute Gasteiger partial charge is 0.220 e. The zero-order valence-corrected chi connectivity index (χ0v) is 10.5. The van der Waals surface area contributed by atoms with Crippen molar-refractivity contribution in [1.29, 1.82) is 5.26 Å². The van der Waals surface area contributed by atoms with Crippen LogP contribution >= 0.6 is 11.3 Å². The largest absolute Gasteiger partial charge is 0.439 e. The van der Waals surface area contributed by atoms with Gasteiger partial charge in [0, 0.05) is 18.3 Å². The van der Waals surface area contributed by atoms with E-state index in [-0.39, 0.29) is 0 Å². The predicted molar refractivity (Wildman–Crippen MR) is 73.1 cm³/mol. The Morgan fingerprint density at radius 2 is 2.16 bits per heavy atom. The van der Waals surface area contributed by atoms with Crippen molar-refractivity contribution in [2.75, 3.05) is 5.73 Å². The number of ether oxygens (including phenoxy) is 1. The summed E-state index contributed by atoms with van der Waals surface area (Å²) >= 11 is 1.40. The molecule has 0 saturated carbocycles. The average Bonchev–Trinajstić information content (AvgIpc) is 2.78. The number of hydrogen-bond donors (Lipinski definition) is 1. The van der Waals surface area contributed by atoms with E-state index in [0.717, 1.165) is 10.2 Å². The summed E-state index contributed by atoms with van der Waals surface area (Å²) in [5.41, 5.74) is 7.00. The minimum atomic E-state index is 0.385. The monoisotopic (exact) mass is 268 g/mol. The Hall–Kier alpha value is -2.65. The minimum absolute atomic E-state index is 0.385. The van der Waals surface area contributed by atoms with Crippen LogP contribution in [0.4, 0.5) is 5.13 Å². The maximum atomic E-state index is 8.82. The number of nitrogens with zero attached hydrogens (tertiary/aromatic N) is 3. The number of nitriles is 1. The molecule has 0 radical (unpaired) electrons. The van der Waals surface area contributed by atoms with E-state index in [0.29, 0.717) is 22.3 Å². The first-order chi connectivity index (χ1) is 9.24. The molecule has 0 spiro atoms. The fourth-order valence-electron chi connectivity index (χ4n) is 1.64. The van der Waals surface area contributed by atoms with Gasteiger partial charge >= 0.3 is 0 Å². The van der Waals surface area contributed by atoms with Gasteiger partial charge in [0.25, 0.3) is 0 Å². The molecule has 0 aliphatic rings. The molecule has 0 atom stereocenters. The highest BCUT2D eigenvalue weighted by Gasteiger charge is 2.05. The van der Waals surface area contributed by atoms with E-state index in [1.165, 1.54) is 17.5 Å². The van der Waals surface area contributed by atoms with E-state index in [2.05, 4.69) is 9.97 Å². The van der Waals surface area contributed by atoms with E-state index in [4.69, 9.17) is 15.7 Å². The lowest BCUT2D eigenvalue weighted by atomic mass is 10.3. The van der Waals surface area contributed by atoms with Crippen molar-refractivity contribution in [2.45, 2.75) is 0 Å². The predicted octanol–water partition coefficient (Wildman–Crippen LogP) is 2.94. The molecule has 0 fully saturated rings. The SMILES string of the molecule is N#Cc1ccnc(Oc2ccc3nc(N)sc3c2)c1. The molecule has 19 heavy (non-hydrogen) atoms. The molecule has 2 N–H and O–H groups in total. The second kappa shape index (κ2) is 4.55. The van der Waals surface area contributed by atoms with Crippen molar-refractivity contribution >= 4 is 26.7 Å². The zero-order chi connectivity index (χ0) is 13.2. The lowest BCUT2D eigenvalue weighted by Crippen LogP contribution is -1.88. The molecular formula is C13H8N4OS. The fourth-order valence-corrected chi connectivity index (χ4v) is 2.40. The molecule has 2 aromatic heterocycles. The maximum Gasteiger partial charge on any atom is 0.220 e. The Kier molecular flexibility index (Phi) is 2.74. The molecule has 2 heterocycles. The highest BCUT2D eigenvalue weighted by Crippen LogP contribution is 2.29. The van der Waals surface area contributed by atoms with Crippen LogP contribution in [0.5, 0.6) is 11.6 Å². The van der Waals surface area contributed by atoms with Gasteiger partial charge in [-0.15, -0.1) is 0 Å². The summed E-state index contributed by atoms with van der Waals surface area (Å²) in [5, 5.41) is 9.34. The Morgan fingerprint density at radius 1 is 1.26 bits per heavy atom. The molecule has 3 rings (SSSR count). The van der Waals surface area contributed by atoms with Gasteiger partial charge in [0.1, 0.15) is 5.75 Å². The van der Waals surface area contributed by atoms with E-state index >= 15 is 0 Å². The van der Waals surface area contributed by atoms with Gasteiger partial charge in [0.15, 0.2) is 5.13 Å². The van der Waals surface area contributed by atoms with Gasteiger partial charge in [-0.3, -0.25) is 0 Å². The number of nitrogen functional groups attached to an aromatic ring is 1. The second-order valence-electron chi connectivity index (χ2n) is 3.78. The van der Waals surface area contributed by atoms with Crippen LogP contribution in [-0.4, -0.2) is 9.97 Å². The number of benzene rings is 1. The summed E-state index contributed by atoms with van der Waals surface area (Å²) in [6.07, 6.45) is 1.54. The van der Waals surface area contributed by atoms with Gasteiger partial charge in [-0.05, 0) is 18.2 Å². The molecule has 6 heteroatoms. The highest BCUT2D eigenvalue weighted by atomic mass is 32.1. The Labute approximate surface area is 112 Å². The Bertz CT molecular complexity index is 791. The second-order valence-corrected chi connectivity index (χ2v) is 4.84. The number of nitrogens with two attached hydrogens (primary N) is 1. The third-order valence-electron chi connectivity index (χ3n) is 2.46. The van der Waals surface area contributed by atoms with Gasteiger partial charge in [0.2, 0.25) is 5.88 Å². The third-order valence-corrected chi connectivity index (χ3v) is 3.31. The maximum absolute atomic E-state index is 8.82. The standard InChI is InChI=1S/C13H8N4OS/c14-7-8-3-4-16-12(5-8)18-9-1-2-10-11(6-9)19-13(15)17-10/h1-6H,(H2,15,17). The quantitative estimate of drug-likeness (QED) is 0.772. The van der Waals surface area contributed by atoms with Crippen LogP contribution in [0.25, 0.3) is 10.2 Å². The van der Waals surface area contributed by atoms with E-state index < -0.39 is 0 Å². The Balaban J connectivity index is 1.94. The van der Waals surface area contributed by atoms with Crippen LogP contribution in [0.15, 0.2) is 36.5 Å². The summed E-state index contributed by atoms with van der Waals surface area (Å²) in [6, 6.07) is 10.7. The minimum Gasteiger partial charge on any atom is -0.439 e. The molecule has 0 unspecified atom stereocenters. The number of hydrogen-bond acceptors (Lipinski definition) is 6. The number of fused-ring (bicyclic) bond motifs is 1. The zero-order valence-electron chi connectivity index (χ0n) is 9.70. The van der Waals surface area contributed by atoms with Crippen LogP contribution in [0, 0.1) is 11.3 Å². The average molecular weight is 268 g/mol. The lowest BCUT2D eigenvalue weighted by Gasteiger charge is -2.04. The first-order valence-electron chi connectivity index (χ1n) is 5.45. The number of anilines is 1.